The SMILES string of the molecule is Cc1cnc(CNC(C)c2cc(F)ccc2O)o1. The molecule has 0 saturated heterocycles. The number of hydrogen-bond acceptors (Lipinski definition) is 4. The van der Waals surface area contributed by atoms with Gasteiger partial charge in [-0.1, -0.05) is 0 Å². The van der Waals surface area contributed by atoms with Crippen molar-refractivity contribution >= 4 is 0 Å². The van der Waals surface area contributed by atoms with E-state index in [9.17, 15) is 9.50 Å². The Hall–Kier alpha value is -1.88. The molecule has 0 fully saturated rings. The average Bonchev–Trinajstić information content (AvgIpc) is 2.75. The number of oxazole rings is 1. The highest BCUT2D eigenvalue weighted by atomic mass is 19.1. The van der Waals surface area contributed by atoms with Crippen LogP contribution in [-0.2, 0) is 6.54 Å². The standard InChI is InChI=1S/C13H15FN2O2/c1-8-6-16-13(18-8)7-15-9(2)11-5-10(14)3-4-12(11)17/h3-6,9,15,17H,7H2,1-2H3. The topological polar surface area (TPSA) is 58.3 Å². The van der Waals surface area contributed by atoms with E-state index in [1.165, 1.54) is 18.2 Å². The van der Waals surface area contributed by atoms with Crippen molar-refractivity contribution in [3.8, 4) is 5.75 Å². The largest absolute Gasteiger partial charge is 0.508 e. The van der Waals surface area contributed by atoms with E-state index < -0.39 is 0 Å². The number of halogens is 1. The summed E-state index contributed by atoms with van der Waals surface area (Å²) in [5.41, 5.74) is 0.512. The molecule has 1 aromatic heterocycles. The molecule has 2 N–H and O–H groups in total. The molecule has 0 radical (unpaired) electrons. The van der Waals surface area contributed by atoms with E-state index in [1.54, 1.807) is 6.20 Å². The smallest absolute Gasteiger partial charge is 0.208 e. The Morgan fingerprint density at radius 2 is 2.28 bits per heavy atom. The minimum absolute atomic E-state index is 0.0694. The van der Waals surface area contributed by atoms with Crippen LogP contribution in [0.1, 0.15) is 30.2 Å². The number of aromatic nitrogens is 1. The number of hydrogen-bond donors (Lipinski definition) is 2. The van der Waals surface area contributed by atoms with Crippen molar-refractivity contribution < 1.29 is 13.9 Å². The molecule has 0 aliphatic heterocycles. The fraction of sp³-hybridized carbons (Fsp3) is 0.308. The first-order valence-electron chi connectivity index (χ1n) is 5.69. The number of rotatable bonds is 4. The van der Waals surface area contributed by atoms with Crippen LogP contribution in [0.25, 0.3) is 0 Å². The van der Waals surface area contributed by atoms with Gasteiger partial charge in [0.25, 0.3) is 0 Å². The van der Waals surface area contributed by atoms with Crippen molar-refractivity contribution in [3.63, 3.8) is 0 Å². The molecule has 0 saturated carbocycles. The number of phenols is 1. The van der Waals surface area contributed by atoms with Gasteiger partial charge in [0.15, 0.2) is 0 Å². The summed E-state index contributed by atoms with van der Waals surface area (Å²) in [6.07, 6.45) is 1.64. The zero-order valence-corrected chi connectivity index (χ0v) is 10.3. The van der Waals surface area contributed by atoms with Crippen LogP contribution in [0.3, 0.4) is 0 Å². The Morgan fingerprint density at radius 1 is 1.50 bits per heavy atom. The molecular weight excluding hydrogens is 235 g/mol. The third-order valence-electron chi connectivity index (χ3n) is 2.68. The second-order valence-electron chi connectivity index (χ2n) is 4.17. The number of aryl methyl sites for hydroxylation is 1. The maximum Gasteiger partial charge on any atom is 0.208 e. The molecule has 0 bridgehead atoms. The van der Waals surface area contributed by atoms with Crippen molar-refractivity contribution in [1.29, 1.82) is 0 Å². The summed E-state index contributed by atoms with van der Waals surface area (Å²) in [5.74, 6) is 1.01. The molecular formula is C13H15FN2O2. The maximum absolute atomic E-state index is 13.1. The molecule has 0 spiro atoms. The van der Waals surface area contributed by atoms with Gasteiger partial charge in [-0.15, -0.1) is 0 Å². The number of phenolic OH excluding ortho intramolecular Hbond substituents is 1. The Balaban J connectivity index is 2.03. The fourth-order valence-corrected chi connectivity index (χ4v) is 1.71. The van der Waals surface area contributed by atoms with Crippen molar-refractivity contribution in [3.05, 3.63) is 47.4 Å². The zero-order chi connectivity index (χ0) is 13.1. The van der Waals surface area contributed by atoms with Crippen LogP contribution < -0.4 is 5.32 Å². The maximum atomic E-state index is 13.1. The quantitative estimate of drug-likeness (QED) is 0.875. The molecule has 0 amide bonds. The molecule has 0 aliphatic rings. The highest BCUT2D eigenvalue weighted by molar-refractivity contribution is 5.34. The van der Waals surface area contributed by atoms with Gasteiger partial charge in [0, 0.05) is 11.6 Å². The van der Waals surface area contributed by atoms with Crippen LogP contribution in [0.15, 0.2) is 28.8 Å². The van der Waals surface area contributed by atoms with Crippen LogP contribution in [0.5, 0.6) is 5.75 Å². The van der Waals surface area contributed by atoms with Gasteiger partial charge < -0.3 is 14.8 Å². The summed E-state index contributed by atoms with van der Waals surface area (Å²) in [6, 6.07) is 3.68. The van der Waals surface area contributed by atoms with Crippen molar-refractivity contribution in [1.82, 2.24) is 10.3 Å². The summed E-state index contributed by atoms with van der Waals surface area (Å²) >= 11 is 0. The summed E-state index contributed by atoms with van der Waals surface area (Å²) in [4.78, 5) is 4.06. The van der Waals surface area contributed by atoms with E-state index in [2.05, 4.69) is 10.3 Å². The first-order valence-corrected chi connectivity index (χ1v) is 5.69. The summed E-state index contributed by atoms with van der Waals surface area (Å²) in [5, 5.41) is 12.8. The van der Waals surface area contributed by atoms with Crippen LogP contribution >= 0.6 is 0 Å². The van der Waals surface area contributed by atoms with E-state index in [0.717, 1.165) is 5.76 Å². The Morgan fingerprint density at radius 3 is 2.94 bits per heavy atom. The molecule has 1 atom stereocenters. The number of aromatic hydroxyl groups is 1. The first kappa shape index (κ1) is 12.6. The Labute approximate surface area is 104 Å². The van der Waals surface area contributed by atoms with E-state index >= 15 is 0 Å². The minimum atomic E-state index is -0.372. The van der Waals surface area contributed by atoms with Gasteiger partial charge in [-0.2, -0.15) is 0 Å². The van der Waals surface area contributed by atoms with Gasteiger partial charge in [-0.3, -0.25) is 0 Å². The van der Waals surface area contributed by atoms with Crippen LogP contribution in [-0.4, -0.2) is 10.1 Å². The van der Waals surface area contributed by atoms with Gasteiger partial charge in [-0.05, 0) is 32.0 Å². The molecule has 0 aliphatic carbocycles. The van der Waals surface area contributed by atoms with Crippen molar-refractivity contribution in [2.24, 2.45) is 0 Å². The summed E-state index contributed by atoms with van der Waals surface area (Å²) in [6.45, 7) is 4.08. The van der Waals surface area contributed by atoms with E-state index in [0.29, 0.717) is 18.0 Å². The normalized spacial score (nSPS) is 12.6. The average molecular weight is 250 g/mol. The third kappa shape index (κ3) is 2.87. The zero-order valence-electron chi connectivity index (χ0n) is 10.3. The monoisotopic (exact) mass is 250 g/mol. The Bertz CT molecular complexity index is 540. The molecule has 1 heterocycles. The van der Waals surface area contributed by atoms with Gasteiger partial charge in [-0.25, -0.2) is 9.37 Å². The van der Waals surface area contributed by atoms with Gasteiger partial charge in [0.1, 0.15) is 17.3 Å². The first-order chi connectivity index (χ1) is 8.56. The fourth-order valence-electron chi connectivity index (χ4n) is 1.71. The molecule has 5 heteroatoms. The third-order valence-corrected chi connectivity index (χ3v) is 2.68. The van der Waals surface area contributed by atoms with Crippen LogP contribution in [0.4, 0.5) is 4.39 Å². The van der Waals surface area contributed by atoms with E-state index in [1.807, 2.05) is 13.8 Å². The predicted octanol–water partition coefficient (Wildman–Crippen LogP) is 2.68. The lowest BCUT2D eigenvalue weighted by molar-refractivity contribution is 0.418. The van der Waals surface area contributed by atoms with Crippen LogP contribution in [0, 0.1) is 12.7 Å². The highest BCUT2D eigenvalue weighted by Gasteiger charge is 2.12. The van der Waals surface area contributed by atoms with E-state index in [4.69, 9.17) is 4.42 Å². The highest BCUT2D eigenvalue weighted by Crippen LogP contribution is 2.24. The molecule has 2 rings (SSSR count). The molecule has 2 aromatic rings. The number of benzene rings is 1. The summed E-state index contributed by atoms with van der Waals surface area (Å²) in [7, 11) is 0. The van der Waals surface area contributed by atoms with Crippen molar-refractivity contribution in [2.75, 3.05) is 0 Å². The number of nitrogens with zero attached hydrogens (tertiary/aromatic N) is 1. The lowest BCUT2D eigenvalue weighted by atomic mass is 10.1. The molecule has 4 nitrogen and oxygen atoms in total. The van der Waals surface area contributed by atoms with Gasteiger partial charge in [0.05, 0.1) is 12.7 Å². The lowest BCUT2D eigenvalue weighted by Crippen LogP contribution is -2.18. The van der Waals surface area contributed by atoms with Gasteiger partial charge in [0.2, 0.25) is 5.89 Å². The minimum Gasteiger partial charge on any atom is -0.508 e. The lowest BCUT2D eigenvalue weighted by Gasteiger charge is -2.14. The summed E-state index contributed by atoms with van der Waals surface area (Å²) < 4.78 is 18.4. The Kier molecular flexibility index (Phi) is 3.62. The molecule has 96 valence electrons. The van der Waals surface area contributed by atoms with Gasteiger partial charge >= 0.3 is 0 Å². The van der Waals surface area contributed by atoms with E-state index in [-0.39, 0.29) is 17.6 Å². The van der Waals surface area contributed by atoms with Crippen molar-refractivity contribution in [2.45, 2.75) is 26.4 Å². The predicted molar refractivity (Wildman–Crippen MR) is 64.6 cm³/mol. The molecule has 1 aromatic carbocycles. The molecule has 18 heavy (non-hydrogen) atoms. The number of nitrogens with one attached hydrogen (secondary N) is 1. The second-order valence-corrected chi connectivity index (χ2v) is 4.17. The second kappa shape index (κ2) is 5.18. The van der Waals surface area contributed by atoms with Crippen LogP contribution in [0.2, 0.25) is 0 Å². The molecule has 1 unspecified atom stereocenters.